The van der Waals surface area contributed by atoms with Crippen molar-refractivity contribution in [2.75, 3.05) is 0 Å². The molecule has 0 amide bonds. The van der Waals surface area contributed by atoms with Gasteiger partial charge in [-0.3, -0.25) is 9.59 Å². The molecular formula is C39H74O4. The first-order chi connectivity index (χ1) is 20.9. The minimum atomic E-state index is -0.654. The third-order valence-electron chi connectivity index (χ3n) is 11.0. The van der Waals surface area contributed by atoms with Crippen LogP contribution in [0.2, 0.25) is 0 Å². The second kappa shape index (κ2) is 26.2. The van der Waals surface area contributed by atoms with Crippen molar-refractivity contribution in [3.63, 3.8) is 0 Å². The Morgan fingerprint density at radius 2 is 0.674 bits per heavy atom. The standard InChI is InChI=1S/C39H74O4/c1-3-30-38(31-4-2)34-27-35-39(38,32-25-21-17-13-9-5-7-11-15-19-23-28-36(40)41)33-26-22-18-14-10-6-8-12-16-20-24-29-37(42)43/h3-35H2,1-2H3,(H,40,41)(H,42,43). The van der Waals surface area contributed by atoms with Gasteiger partial charge in [-0.1, -0.05) is 162 Å². The smallest absolute Gasteiger partial charge is 0.303 e. The van der Waals surface area contributed by atoms with Crippen molar-refractivity contribution in [3.8, 4) is 0 Å². The molecule has 0 atom stereocenters. The van der Waals surface area contributed by atoms with E-state index >= 15 is 0 Å². The van der Waals surface area contributed by atoms with Gasteiger partial charge in [0.2, 0.25) is 0 Å². The van der Waals surface area contributed by atoms with Crippen molar-refractivity contribution < 1.29 is 19.8 Å². The fraction of sp³-hybridized carbons (Fsp3) is 0.949. The molecule has 254 valence electrons. The molecule has 0 heterocycles. The Morgan fingerprint density at radius 1 is 0.419 bits per heavy atom. The van der Waals surface area contributed by atoms with E-state index < -0.39 is 11.9 Å². The van der Waals surface area contributed by atoms with E-state index in [2.05, 4.69) is 13.8 Å². The Balaban J connectivity index is 2.28. The van der Waals surface area contributed by atoms with Crippen LogP contribution in [0.1, 0.15) is 226 Å². The minimum absolute atomic E-state index is 0.334. The topological polar surface area (TPSA) is 74.6 Å². The van der Waals surface area contributed by atoms with E-state index in [4.69, 9.17) is 10.2 Å². The van der Waals surface area contributed by atoms with Crippen LogP contribution in [-0.2, 0) is 9.59 Å². The molecule has 2 N–H and O–H groups in total. The van der Waals surface area contributed by atoms with Crippen LogP contribution in [0.4, 0.5) is 0 Å². The highest BCUT2D eigenvalue weighted by molar-refractivity contribution is 5.66. The average Bonchev–Trinajstić information content (AvgIpc) is 3.30. The van der Waals surface area contributed by atoms with E-state index in [1.165, 1.54) is 173 Å². The number of carbonyl (C=O) groups is 2. The van der Waals surface area contributed by atoms with Gasteiger partial charge in [0.15, 0.2) is 0 Å². The molecule has 1 rings (SSSR count). The summed E-state index contributed by atoms with van der Waals surface area (Å²) in [6.07, 6.45) is 41.9. The van der Waals surface area contributed by atoms with Crippen LogP contribution < -0.4 is 0 Å². The summed E-state index contributed by atoms with van der Waals surface area (Å²) in [4.78, 5) is 21.2. The molecule has 43 heavy (non-hydrogen) atoms. The largest absolute Gasteiger partial charge is 0.481 e. The van der Waals surface area contributed by atoms with Gasteiger partial charge in [-0.2, -0.15) is 0 Å². The van der Waals surface area contributed by atoms with Crippen LogP contribution in [0.5, 0.6) is 0 Å². The second-order valence-electron chi connectivity index (χ2n) is 14.5. The van der Waals surface area contributed by atoms with Crippen LogP contribution in [0.3, 0.4) is 0 Å². The molecule has 1 aliphatic carbocycles. The van der Waals surface area contributed by atoms with Gasteiger partial charge in [-0.15, -0.1) is 0 Å². The predicted molar refractivity (Wildman–Crippen MR) is 184 cm³/mol. The maximum Gasteiger partial charge on any atom is 0.303 e. The molecule has 0 aromatic rings. The molecule has 4 heteroatoms. The summed E-state index contributed by atoms with van der Waals surface area (Å²) in [5.41, 5.74) is 1.23. The van der Waals surface area contributed by atoms with Crippen LogP contribution in [-0.4, -0.2) is 22.2 Å². The van der Waals surface area contributed by atoms with Crippen molar-refractivity contribution in [2.45, 2.75) is 226 Å². The highest BCUT2D eigenvalue weighted by Gasteiger charge is 2.51. The maximum absolute atomic E-state index is 10.6. The summed E-state index contributed by atoms with van der Waals surface area (Å²) in [6, 6.07) is 0. The van der Waals surface area contributed by atoms with Gasteiger partial charge in [0.1, 0.15) is 0 Å². The van der Waals surface area contributed by atoms with E-state index in [9.17, 15) is 9.59 Å². The molecule has 0 unspecified atom stereocenters. The molecule has 0 aliphatic heterocycles. The van der Waals surface area contributed by atoms with Crippen LogP contribution in [0, 0.1) is 10.8 Å². The number of rotatable bonds is 32. The minimum Gasteiger partial charge on any atom is -0.481 e. The van der Waals surface area contributed by atoms with E-state index in [0.717, 1.165) is 25.7 Å². The average molecular weight is 607 g/mol. The number of hydrogen-bond donors (Lipinski definition) is 2. The number of hydrogen-bond acceptors (Lipinski definition) is 2. The molecule has 0 spiro atoms. The van der Waals surface area contributed by atoms with E-state index in [1.54, 1.807) is 0 Å². The molecule has 0 radical (unpaired) electrons. The summed E-state index contributed by atoms with van der Waals surface area (Å²) in [5.74, 6) is -1.31. The second-order valence-corrected chi connectivity index (χ2v) is 14.5. The highest BCUT2D eigenvalue weighted by atomic mass is 16.4. The Bertz CT molecular complexity index is 626. The van der Waals surface area contributed by atoms with Crippen LogP contribution in [0.15, 0.2) is 0 Å². The number of carboxylic acid groups (broad SMARTS) is 2. The summed E-state index contributed by atoms with van der Waals surface area (Å²) in [5, 5.41) is 17.5. The lowest BCUT2D eigenvalue weighted by atomic mass is 9.57. The molecule has 1 fully saturated rings. The fourth-order valence-electron chi connectivity index (χ4n) is 8.72. The normalized spacial score (nSPS) is 15.7. The monoisotopic (exact) mass is 607 g/mol. The number of aliphatic carboxylic acids is 2. The van der Waals surface area contributed by atoms with Crippen molar-refractivity contribution >= 4 is 11.9 Å². The quantitative estimate of drug-likeness (QED) is 0.0747. The Morgan fingerprint density at radius 3 is 0.953 bits per heavy atom. The Hall–Kier alpha value is -1.06. The zero-order chi connectivity index (χ0) is 31.5. The fourth-order valence-corrected chi connectivity index (χ4v) is 8.72. The third kappa shape index (κ3) is 18.5. The van der Waals surface area contributed by atoms with Crippen LogP contribution in [0.25, 0.3) is 0 Å². The van der Waals surface area contributed by atoms with Crippen molar-refractivity contribution in [1.82, 2.24) is 0 Å². The molecule has 0 bridgehead atoms. The van der Waals surface area contributed by atoms with Crippen molar-refractivity contribution in [2.24, 2.45) is 10.8 Å². The lowest BCUT2D eigenvalue weighted by Crippen LogP contribution is -2.38. The van der Waals surface area contributed by atoms with E-state index in [1.807, 2.05) is 0 Å². The molecule has 0 aromatic heterocycles. The summed E-state index contributed by atoms with van der Waals surface area (Å²) in [7, 11) is 0. The molecular weight excluding hydrogens is 532 g/mol. The predicted octanol–water partition coefficient (Wildman–Crippen LogP) is 13.1. The molecule has 0 saturated heterocycles. The maximum atomic E-state index is 10.6. The summed E-state index contributed by atoms with van der Waals surface area (Å²) in [6.45, 7) is 4.85. The molecule has 1 saturated carbocycles. The first-order valence-corrected chi connectivity index (χ1v) is 19.3. The SMILES string of the molecule is CCCC1(CCC)CCCC1(CCCCCCCCCCCCCC(=O)O)CCCCCCCCCCCCCC(=O)O. The van der Waals surface area contributed by atoms with Gasteiger partial charge in [-0.25, -0.2) is 0 Å². The molecule has 4 nitrogen and oxygen atoms in total. The first kappa shape index (κ1) is 40.0. The zero-order valence-electron chi connectivity index (χ0n) is 29.0. The van der Waals surface area contributed by atoms with Crippen molar-refractivity contribution in [3.05, 3.63) is 0 Å². The van der Waals surface area contributed by atoms with E-state index in [-0.39, 0.29) is 0 Å². The van der Waals surface area contributed by atoms with Crippen LogP contribution >= 0.6 is 0 Å². The van der Waals surface area contributed by atoms with Gasteiger partial charge in [0, 0.05) is 12.8 Å². The lowest BCUT2D eigenvalue weighted by molar-refractivity contribution is -0.138. The van der Waals surface area contributed by atoms with Gasteiger partial charge < -0.3 is 10.2 Å². The van der Waals surface area contributed by atoms with Gasteiger partial charge >= 0.3 is 11.9 Å². The molecule has 0 aromatic carbocycles. The van der Waals surface area contributed by atoms with Gasteiger partial charge in [0.05, 0.1) is 0 Å². The third-order valence-corrected chi connectivity index (χ3v) is 11.0. The zero-order valence-corrected chi connectivity index (χ0v) is 29.0. The number of carboxylic acids is 2. The molecule has 1 aliphatic rings. The van der Waals surface area contributed by atoms with Crippen molar-refractivity contribution in [1.29, 1.82) is 0 Å². The lowest BCUT2D eigenvalue weighted by Gasteiger charge is -2.48. The van der Waals surface area contributed by atoms with Gasteiger partial charge in [-0.05, 0) is 62.2 Å². The first-order valence-electron chi connectivity index (χ1n) is 19.3. The highest BCUT2D eigenvalue weighted by Crippen LogP contribution is 2.63. The summed E-state index contributed by atoms with van der Waals surface area (Å²) >= 11 is 0. The van der Waals surface area contributed by atoms with Gasteiger partial charge in [0.25, 0.3) is 0 Å². The Kier molecular flexibility index (Phi) is 24.3. The van der Waals surface area contributed by atoms with E-state index in [0.29, 0.717) is 23.7 Å². The number of unbranched alkanes of at least 4 members (excludes halogenated alkanes) is 20. The Labute approximate surface area is 268 Å². The summed E-state index contributed by atoms with van der Waals surface area (Å²) < 4.78 is 0.